The molecule has 0 spiro atoms. The second-order valence-corrected chi connectivity index (χ2v) is 7.93. The molecular formula is C19H25IO3. The van der Waals surface area contributed by atoms with Crippen molar-refractivity contribution in [2.75, 3.05) is 14.2 Å². The van der Waals surface area contributed by atoms with Crippen LogP contribution in [0.25, 0.3) is 0 Å². The van der Waals surface area contributed by atoms with Gasteiger partial charge >= 0.3 is 0 Å². The van der Waals surface area contributed by atoms with Gasteiger partial charge in [0.1, 0.15) is 5.75 Å². The molecule has 2 aliphatic heterocycles. The van der Waals surface area contributed by atoms with Gasteiger partial charge in [0.05, 0.1) is 13.2 Å². The molecule has 1 fully saturated rings. The number of fused-ring (bicyclic) bond motifs is 2. The molecule has 23 heavy (non-hydrogen) atoms. The van der Waals surface area contributed by atoms with Gasteiger partial charge < -0.3 is 14.2 Å². The Morgan fingerprint density at radius 2 is 2.13 bits per heavy atom. The van der Waals surface area contributed by atoms with Crippen LogP contribution in [0.3, 0.4) is 0 Å². The molecule has 3 aliphatic rings. The minimum absolute atomic E-state index is 0.0231. The Balaban J connectivity index is 1.84. The van der Waals surface area contributed by atoms with E-state index in [1.807, 2.05) is 0 Å². The predicted molar refractivity (Wildman–Crippen MR) is 99.8 cm³/mol. The van der Waals surface area contributed by atoms with Gasteiger partial charge in [0.15, 0.2) is 6.29 Å². The van der Waals surface area contributed by atoms with Gasteiger partial charge in [-0.25, -0.2) is 0 Å². The van der Waals surface area contributed by atoms with Crippen LogP contribution in [-0.4, -0.2) is 26.6 Å². The third kappa shape index (κ3) is 3.05. The van der Waals surface area contributed by atoms with E-state index in [4.69, 9.17) is 14.2 Å². The standard InChI is InChI=1S/C19H25IO3/c1-12-9-16(20)14(11-17(12)21-3)5-7-19-8-6-15(10-13(19)2)23-18(19)22-4/h6,8-9,11,13,15,18H,5,7,10H2,1-4H3/t13-,15+,18+,19-/m0/s1. The zero-order valence-electron chi connectivity index (χ0n) is 14.3. The molecule has 4 heteroatoms. The number of rotatable bonds is 5. The number of hydrogen-bond acceptors (Lipinski definition) is 3. The minimum Gasteiger partial charge on any atom is -0.496 e. The molecule has 0 unspecified atom stereocenters. The maximum atomic E-state index is 6.06. The molecule has 0 saturated carbocycles. The Bertz CT molecular complexity index is 613. The fourth-order valence-electron chi connectivity index (χ4n) is 3.97. The lowest BCUT2D eigenvalue weighted by atomic mass is 9.64. The van der Waals surface area contributed by atoms with Crippen LogP contribution in [0.4, 0.5) is 0 Å². The van der Waals surface area contributed by atoms with Crippen LogP contribution in [-0.2, 0) is 15.9 Å². The highest BCUT2D eigenvalue weighted by Crippen LogP contribution is 2.50. The van der Waals surface area contributed by atoms with E-state index >= 15 is 0 Å². The highest BCUT2D eigenvalue weighted by atomic mass is 127. The first-order valence-electron chi connectivity index (χ1n) is 8.21. The van der Waals surface area contributed by atoms with E-state index in [9.17, 15) is 0 Å². The van der Waals surface area contributed by atoms with E-state index in [0.29, 0.717) is 5.92 Å². The summed E-state index contributed by atoms with van der Waals surface area (Å²) in [6.45, 7) is 4.41. The molecule has 1 aliphatic carbocycles. The maximum Gasteiger partial charge on any atom is 0.167 e. The smallest absolute Gasteiger partial charge is 0.167 e. The Morgan fingerprint density at radius 3 is 2.78 bits per heavy atom. The Hall–Kier alpha value is -0.590. The van der Waals surface area contributed by atoms with E-state index < -0.39 is 0 Å². The quantitative estimate of drug-likeness (QED) is 0.511. The van der Waals surface area contributed by atoms with Gasteiger partial charge in [-0.15, -0.1) is 0 Å². The van der Waals surface area contributed by atoms with E-state index in [1.54, 1.807) is 14.2 Å². The third-order valence-corrected chi connectivity index (χ3v) is 6.47. The van der Waals surface area contributed by atoms with Crippen LogP contribution in [0.1, 0.15) is 30.9 Å². The van der Waals surface area contributed by atoms with E-state index in [0.717, 1.165) is 25.0 Å². The summed E-state index contributed by atoms with van der Waals surface area (Å²) in [6.07, 6.45) is 7.76. The average molecular weight is 428 g/mol. The summed E-state index contributed by atoms with van der Waals surface area (Å²) in [7, 11) is 3.49. The van der Waals surface area contributed by atoms with Crippen molar-refractivity contribution in [1.82, 2.24) is 0 Å². The van der Waals surface area contributed by atoms with Gasteiger partial charge in [-0.2, -0.15) is 0 Å². The number of methoxy groups -OCH3 is 2. The number of ether oxygens (including phenoxy) is 3. The molecule has 0 N–H and O–H groups in total. The van der Waals surface area contributed by atoms with Crippen LogP contribution in [0, 0.1) is 21.8 Å². The van der Waals surface area contributed by atoms with Gasteiger partial charge in [0.2, 0.25) is 0 Å². The summed E-state index contributed by atoms with van der Waals surface area (Å²) in [5, 5.41) is 0. The zero-order valence-corrected chi connectivity index (χ0v) is 16.4. The average Bonchev–Trinajstić information content (AvgIpc) is 2.54. The fourth-order valence-corrected chi connectivity index (χ4v) is 4.87. The molecule has 1 aromatic rings. The van der Waals surface area contributed by atoms with Crippen molar-refractivity contribution >= 4 is 22.6 Å². The monoisotopic (exact) mass is 428 g/mol. The van der Waals surface area contributed by atoms with Crippen LogP contribution >= 0.6 is 22.6 Å². The normalized spacial score (nSPS) is 32.3. The lowest BCUT2D eigenvalue weighted by Gasteiger charge is -2.51. The SMILES string of the molecule is COc1cc(CC[C@]23C=C[C@H](C[C@@H]2C)O[C@H]3OC)c(I)cc1C. The molecule has 4 atom stereocenters. The Morgan fingerprint density at radius 1 is 1.35 bits per heavy atom. The van der Waals surface area contributed by atoms with Crippen LogP contribution in [0.2, 0.25) is 0 Å². The molecule has 2 heterocycles. The Labute approximate surface area is 152 Å². The lowest BCUT2D eigenvalue weighted by Crippen LogP contribution is -2.52. The van der Waals surface area contributed by atoms with Crippen LogP contribution < -0.4 is 4.74 Å². The number of benzene rings is 1. The van der Waals surface area contributed by atoms with Crippen molar-refractivity contribution in [2.45, 2.75) is 45.5 Å². The predicted octanol–water partition coefficient (Wildman–Crippen LogP) is 4.49. The summed E-state index contributed by atoms with van der Waals surface area (Å²) in [5.74, 6) is 1.54. The van der Waals surface area contributed by atoms with E-state index in [1.165, 1.54) is 14.7 Å². The fraction of sp³-hybridized carbons (Fsp3) is 0.579. The first kappa shape index (κ1) is 17.2. The molecule has 0 amide bonds. The van der Waals surface area contributed by atoms with Crippen molar-refractivity contribution in [3.05, 3.63) is 39.0 Å². The van der Waals surface area contributed by atoms with Crippen molar-refractivity contribution in [1.29, 1.82) is 0 Å². The molecule has 4 rings (SSSR count). The van der Waals surface area contributed by atoms with Crippen molar-refractivity contribution < 1.29 is 14.2 Å². The molecule has 126 valence electrons. The summed E-state index contributed by atoms with van der Waals surface area (Å²) >= 11 is 2.42. The van der Waals surface area contributed by atoms with Crippen molar-refractivity contribution in [2.24, 2.45) is 11.3 Å². The van der Waals surface area contributed by atoms with Gasteiger partial charge in [-0.05, 0) is 78.0 Å². The highest BCUT2D eigenvalue weighted by Gasteiger charge is 2.50. The highest BCUT2D eigenvalue weighted by molar-refractivity contribution is 14.1. The maximum absolute atomic E-state index is 6.06. The zero-order chi connectivity index (χ0) is 16.6. The summed E-state index contributed by atoms with van der Waals surface area (Å²) < 4.78 is 18.5. The van der Waals surface area contributed by atoms with E-state index in [-0.39, 0.29) is 17.8 Å². The second kappa shape index (κ2) is 6.73. The first-order chi connectivity index (χ1) is 11.0. The molecule has 0 radical (unpaired) electrons. The van der Waals surface area contributed by atoms with Gasteiger partial charge in [0.25, 0.3) is 0 Å². The second-order valence-electron chi connectivity index (χ2n) is 6.76. The molecule has 2 bridgehead atoms. The molecule has 1 aromatic carbocycles. The van der Waals surface area contributed by atoms with Crippen LogP contribution in [0.15, 0.2) is 24.3 Å². The Kier molecular flexibility index (Phi) is 5.04. The number of hydrogen-bond donors (Lipinski definition) is 0. The van der Waals surface area contributed by atoms with Gasteiger partial charge in [0, 0.05) is 16.1 Å². The summed E-state index contributed by atoms with van der Waals surface area (Å²) in [4.78, 5) is 0. The number of halogens is 1. The van der Waals surface area contributed by atoms with E-state index in [2.05, 4.69) is 60.7 Å². The first-order valence-corrected chi connectivity index (χ1v) is 9.28. The largest absolute Gasteiger partial charge is 0.496 e. The molecular weight excluding hydrogens is 403 g/mol. The summed E-state index contributed by atoms with van der Waals surface area (Å²) in [5.41, 5.74) is 2.50. The van der Waals surface area contributed by atoms with Crippen LogP contribution in [0.5, 0.6) is 5.75 Å². The summed E-state index contributed by atoms with van der Waals surface area (Å²) in [6, 6.07) is 4.38. The molecule has 3 nitrogen and oxygen atoms in total. The van der Waals surface area contributed by atoms with Gasteiger partial charge in [-0.3, -0.25) is 0 Å². The van der Waals surface area contributed by atoms with Crippen molar-refractivity contribution in [3.63, 3.8) is 0 Å². The minimum atomic E-state index is -0.133. The lowest BCUT2D eigenvalue weighted by molar-refractivity contribution is -0.249. The van der Waals surface area contributed by atoms with Crippen molar-refractivity contribution in [3.8, 4) is 5.75 Å². The third-order valence-electron chi connectivity index (χ3n) is 5.47. The topological polar surface area (TPSA) is 27.7 Å². The molecule has 1 saturated heterocycles. The number of aryl methyl sites for hydroxylation is 2. The van der Waals surface area contributed by atoms with Gasteiger partial charge in [-0.1, -0.05) is 19.1 Å². The molecule has 0 aromatic heterocycles.